The molecule has 2 aliphatic rings. The van der Waals surface area contributed by atoms with Crippen molar-refractivity contribution in [2.24, 2.45) is 0 Å². The van der Waals surface area contributed by atoms with Crippen LogP contribution in [0.1, 0.15) is 53.9 Å². The highest BCUT2D eigenvalue weighted by molar-refractivity contribution is 8.03. The van der Waals surface area contributed by atoms with Gasteiger partial charge in [0.05, 0.1) is 0 Å². The van der Waals surface area contributed by atoms with Crippen LogP contribution in [0.4, 0.5) is 0 Å². The molecule has 0 atom stereocenters. The van der Waals surface area contributed by atoms with Crippen molar-refractivity contribution in [1.82, 2.24) is 0 Å². The summed E-state index contributed by atoms with van der Waals surface area (Å²) < 4.78 is 0. The first-order valence-corrected chi connectivity index (χ1v) is 11.3. The Bertz CT molecular complexity index is 619. The largest absolute Gasteiger partial charge is 0.126 e. The van der Waals surface area contributed by atoms with E-state index in [4.69, 9.17) is 0 Å². The first-order valence-electron chi connectivity index (χ1n) is 10.3. The topological polar surface area (TPSA) is 0 Å². The van der Waals surface area contributed by atoms with Gasteiger partial charge in [-0.2, -0.15) is 0 Å². The fraction of sp³-hybridized carbons (Fsp3) is 0.333. The number of allylic oxidation sites excluding steroid dienone is 14. The highest BCUT2D eigenvalue weighted by Gasteiger charge is 2.08. The van der Waals surface area contributed by atoms with E-state index in [-0.39, 0.29) is 0 Å². The summed E-state index contributed by atoms with van der Waals surface area (Å²) in [5.41, 5.74) is 3.77. The van der Waals surface area contributed by atoms with Gasteiger partial charge < -0.3 is 0 Å². The van der Waals surface area contributed by atoms with Crippen LogP contribution in [0, 0.1) is 0 Å². The third-order valence-electron chi connectivity index (χ3n) is 3.54. The van der Waals surface area contributed by atoms with E-state index in [2.05, 4.69) is 86.6 Å². The smallest absolute Gasteiger partial charge is 0.0160 e. The van der Waals surface area contributed by atoms with Crippen LogP contribution in [-0.4, -0.2) is 5.75 Å². The monoisotopic (exact) mass is 396 g/mol. The third kappa shape index (κ3) is 13.2. The van der Waals surface area contributed by atoms with Crippen molar-refractivity contribution in [2.45, 2.75) is 53.9 Å². The van der Waals surface area contributed by atoms with Crippen LogP contribution in [0.15, 0.2) is 108 Å². The molecule has 0 amide bonds. The minimum atomic E-state index is 0.963. The fourth-order valence-electron chi connectivity index (χ4n) is 2.32. The second kappa shape index (κ2) is 21.3. The van der Waals surface area contributed by atoms with E-state index in [0.717, 1.165) is 30.6 Å². The molecule has 0 nitrogen and oxygen atoms in total. The quantitative estimate of drug-likeness (QED) is 0.337. The second-order valence-corrected chi connectivity index (χ2v) is 6.48. The van der Waals surface area contributed by atoms with Crippen molar-refractivity contribution in [1.29, 1.82) is 0 Å². The summed E-state index contributed by atoms with van der Waals surface area (Å²) in [5, 5.41) is 0. The molecular formula is C27H40S. The number of fused-ring (bicyclic) bond motifs is 2. The van der Waals surface area contributed by atoms with Gasteiger partial charge in [-0.25, -0.2) is 0 Å². The van der Waals surface area contributed by atoms with Gasteiger partial charge in [-0.05, 0) is 42.2 Å². The molecule has 1 heterocycles. The molecule has 1 heteroatoms. The maximum absolute atomic E-state index is 4.23. The third-order valence-corrected chi connectivity index (χ3v) is 4.55. The van der Waals surface area contributed by atoms with Crippen LogP contribution >= 0.6 is 11.8 Å². The van der Waals surface area contributed by atoms with E-state index in [1.807, 2.05) is 46.4 Å². The van der Waals surface area contributed by atoms with Crippen molar-refractivity contribution < 1.29 is 0 Å². The van der Waals surface area contributed by atoms with Crippen molar-refractivity contribution in [2.75, 3.05) is 5.75 Å². The van der Waals surface area contributed by atoms with E-state index in [1.165, 1.54) is 16.1 Å². The summed E-state index contributed by atoms with van der Waals surface area (Å²) in [4.78, 5) is 1.44. The maximum Gasteiger partial charge on any atom is 0.0160 e. The van der Waals surface area contributed by atoms with Crippen molar-refractivity contribution in [3.8, 4) is 0 Å². The number of thioether (sulfide) groups is 1. The summed E-state index contributed by atoms with van der Waals surface area (Å²) in [6, 6.07) is 0. The van der Waals surface area contributed by atoms with Crippen molar-refractivity contribution in [3.05, 3.63) is 108 Å². The SMILES string of the molecule is C=C.C=C(C=CC/C=C\C)C1=CC=C2CC(=C1)C/C=C\C=C/CS2.CC.CC. The maximum atomic E-state index is 4.23. The van der Waals surface area contributed by atoms with Gasteiger partial charge in [0.1, 0.15) is 0 Å². The molecule has 0 saturated heterocycles. The van der Waals surface area contributed by atoms with Crippen molar-refractivity contribution in [3.63, 3.8) is 0 Å². The highest BCUT2D eigenvalue weighted by atomic mass is 32.2. The van der Waals surface area contributed by atoms with E-state index in [9.17, 15) is 0 Å². The predicted molar refractivity (Wildman–Crippen MR) is 136 cm³/mol. The normalized spacial score (nSPS) is 17.7. The molecule has 0 N–H and O–H groups in total. The molecule has 1 aliphatic carbocycles. The van der Waals surface area contributed by atoms with Gasteiger partial charge in [0, 0.05) is 5.75 Å². The van der Waals surface area contributed by atoms with Gasteiger partial charge in [0.25, 0.3) is 0 Å². The van der Waals surface area contributed by atoms with Gasteiger partial charge in [0.2, 0.25) is 0 Å². The summed E-state index contributed by atoms with van der Waals surface area (Å²) in [6.07, 6.45) is 27.1. The lowest BCUT2D eigenvalue weighted by Crippen LogP contribution is -1.88. The minimum Gasteiger partial charge on any atom is -0.126 e. The van der Waals surface area contributed by atoms with E-state index in [1.54, 1.807) is 0 Å². The lowest BCUT2D eigenvalue weighted by Gasteiger charge is -2.08. The molecule has 28 heavy (non-hydrogen) atoms. The molecule has 0 radical (unpaired) electrons. The average molecular weight is 397 g/mol. The Kier molecular flexibility index (Phi) is 21.5. The van der Waals surface area contributed by atoms with Gasteiger partial charge in [0.15, 0.2) is 0 Å². The molecule has 154 valence electrons. The Morgan fingerprint density at radius 2 is 1.71 bits per heavy atom. The first kappa shape index (κ1) is 28.2. The summed E-state index contributed by atoms with van der Waals surface area (Å²) in [7, 11) is 0. The van der Waals surface area contributed by atoms with Crippen LogP contribution in [0.5, 0.6) is 0 Å². The lowest BCUT2D eigenvalue weighted by molar-refractivity contribution is 1.10. The molecule has 2 bridgehead atoms. The molecule has 0 saturated carbocycles. The molecule has 1 aliphatic heterocycles. The Labute approximate surface area is 179 Å². The lowest BCUT2D eigenvalue weighted by atomic mass is 10.0. The number of rotatable bonds is 4. The fourth-order valence-corrected chi connectivity index (χ4v) is 3.20. The molecule has 0 fully saturated rings. The molecule has 0 unspecified atom stereocenters. The van der Waals surface area contributed by atoms with Gasteiger partial charge in [-0.1, -0.05) is 107 Å². The Balaban J connectivity index is 0. The molecular weight excluding hydrogens is 356 g/mol. The number of hydrogen-bond acceptors (Lipinski definition) is 1. The molecule has 0 aromatic rings. The molecule has 0 spiro atoms. The Morgan fingerprint density at radius 1 is 1.04 bits per heavy atom. The molecule has 2 rings (SSSR count). The first-order chi connectivity index (χ1) is 13.8. The average Bonchev–Trinajstić information content (AvgIpc) is 2.96. The standard InChI is InChI=1S/C21H24S.2C2H6.C2H4/c1-3-4-5-8-11-18(2)20-13-14-21-17-19(16-20)12-9-6-7-10-15-22-21;3*1-2/h3-4,6-11,13-14,16H,2,5,12,15,17H2,1H3;2*1-2H3;1-2H2/b4-3-,9-6-,10-7-,11-8?;;;. The van der Waals surface area contributed by atoms with E-state index in [0.29, 0.717) is 0 Å². The van der Waals surface area contributed by atoms with Gasteiger partial charge >= 0.3 is 0 Å². The summed E-state index contributed by atoms with van der Waals surface area (Å²) in [5.74, 6) is 1.04. The van der Waals surface area contributed by atoms with Crippen LogP contribution in [0.25, 0.3) is 0 Å². The number of hydrogen-bond donors (Lipinski definition) is 0. The van der Waals surface area contributed by atoms with E-state index < -0.39 is 0 Å². The zero-order chi connectivity index (χ0) is 21.6. The zero-order valence-corrected chi connectivity index (χ0v) is 19.5. The highest BCUT2D eigenvalue weighted by Crippen LogP contribution is 2.31. The second-order valence-electron chi connectivity index (χ2n) is 5.34. The minimum absolute atomic E-state index is 0.963. The zero-order valence-electron chi connectivity index (χ0n) is 18.7. The van der Waals surface area contributed by atoms with Crippen LogP contribution < -0.4 is 0 Å². The summed E-state index contributed by atoms with van der Waals surface area (Å²) in [6.45, 7) is 20.3. The Morgan fingerprint density at radius 3 is 2.39 bits per heavy atom. The van der Waals surface area contributed by atoms with Gasteiger partial charge in [-0.3, -0.25) is 0 Å². The molecule has 0 aromatic heterocycles. The van der Waals surface area contributed by atoms with Crippen molar-refractivity contribution >= 4 is 11.8 Å². The van der Waals surface area contributed by atoms with Crippen LogP contribution in [0.3, 0.4) is 0 Å². The van der Waals surface area contributed by atoms with Crippen LogP contribution in [-0.2, 0) is 0 Å². The Hall–Kier alpha value is -1.99. The van der Waals surface area contributed by atoms with Gasteiger partial charge in [-0.15, -0.1) is 24.9 Å². The van der Waals surface area contributed by atoms with E-state index >= 15 is 0 Å². The predicted octanol–water partition coefficient (Wildman–Crippen LogP) is 9.31. The summed E-state index contributed by atoms with van der Waals surface area (Å²) >= 11 is 1.92. The molecule has 0 aromatic carbocycles. The van der Waals surface area contributed by atoms with Crippen LogP contribution in [0.2, 0.25) is 0 Å².